The van der Waals surface area contributed by atoms with Crippen molar-refractivity contribution in [2.45, 2.75) is 0 Å². The third-order valence-corrected chi connectivity index (χ3v) is 4.95. The molecule has 0 aliphatic carbocycles. The van der Waals surface area contributed by atoms with Crippen LogP contribution in [0.3, 0.4) is 0 Å². The molecular formula is C17H11BrN2O2S2. The Morgan fingerprint density at radius 2 is 1.96 bits per heavy atom. The molecule has 4 nitrogen and oxygen atoms in total. The molecular weight excluding hydrogens is 408 g/mol. The maximum absolute atomic E-state index is 12.5. The summed E-state index contributed by atoms with van der Waals surface area (Å²) in [5.41, 5.74) is 1.41. The molecule has 0 atom stereocenters. The van der Waals surface area contributed by atoms with E-state index in [1.54, 1.807) is 24.3 Å². The minimum Gasteiger partial charge on any atom is -0.507 e. The Balaban J connectivity index is 1.83. The van der Waals surface area contributed by atoms with Crippen LogP contribution in [0.1, 0.15) is 11.1 Å². The smallest absolute Gasteiger partial charge is 0.286 e. The van der Waals surface area contributed by atoms with Crippen LogP contribution in [0.15, 0.2) is 63.0 Å². The molecule has 2 aromatic rings. The highest BCUT2D eigenvalue weighted by Crippen LogP contribution is 2.32. The largest absolute Gasteiger partial charge is 0.507 e. The summed E-state index contributed by atoms with van der Waals surface area (Å²) in [7, 11) is 0. The van der Waals surface area contributed by atoms with Gasteiger partial charge in [-0.05, 0) is 42.1 Å². The van der Waals surface area contributed by atoms with E-state index in [0.717, 1.165) is 15.0 Å². The van der Waals surface area contributed by atoms with Crippen molar-refractivity contribution in [1.82, 2.24) is 5.01 Å². The van der Waals surface area contributed by atoms with E-state index >= 15 is 0 Å². The molecule has 1 amide bonds. The van der Waals surface area contributed by atoms with Crippen molar-refractivity contribution < 1.29 is 9.90 Å². The highest BCUT2D eigenvalue weighted by Gasteiger charge is 2.32. The number of amides is 1. The zero-order chi connectivity index (χ0) is 17.1. The molecule has 3 rings (SSSR count). The summed E-state index contributed by atoms with van der Waals surface area (Å²) in [6, 6.07) is 14.5. The highest BCUT2D eigenvalue weighted by atomic mass is 79.9. The Kier molecular flexibility index (Phi) is 5.13. The number of rotatable bonds is 3. The van der Waals surface area contributed by atoms with Crippen LogP contribution in [0.2, 0.25) is 0 Å². The fraction of sp³-hybridized carbons (Fsp3) is 0. The quantitative estimate of drug-likeness (QED) is 0.456. The van der Waals surface area contributed by atoms with Crippen molar-refractivity contribution in [3.63, 3.8) is 0 Å². The molecule has 0 spiro atoms. The molecule has 1 fully saturated rings. The number of phenolic OH excluding ortho intramolecular Hbond substituents is 1. The summed E-state index contributed by atoms with van der Waals surface area (Å²) in [6.45, 7) is 0. The summed E-state index contributed by atoms with van der Waals surface area (Å²) < 4.78 is 1.16. The average Bonchev–Trinajstić information content (AvgIpc) is 2.83. The number of hydrogen-bond donors (Lipinski definition) is 1. The number of halogens is 1. The van der Waals surface area contributed by atoms with Gasteiger partial charge in [-0.2, -0.15) is 10.1 Å². The summed E-state index contributed by atoms with van der Waals surface area (Å²) in [4.78, 5) is 13.0. The molecule has 1 N–H and O–H groups in total. The first-order valence-corrected chi connectivity index (χ1v) is 8.92. The van der Waals surface area contributed by atoms with Gasteiger partial charge in [0.1, 0.15) is 5.75 Å². The van der Waals surface area contributed by atoms with Crippen molar-refractivity contribution >= 4 is 62.4 Å². The Hall–Kier alpha value is -1.96. The molecule has 0 radical (unpaired) electrons. The predicted molar refractivity (Wildman–Crippen MR) is 105 cm³/mol. The van der Waals surface area contributed by atoms with Crippen LogP contribution in [-0.4, -0.2) is 26.6 Å². The molecule has 0 unspecified atom stereocenters. The first-order chi connectivity index (χ1) is 11.5. The maximum atomic E-state index is 12.5. The fourth-order valence-electron chi connectivity index (χ4n) is 2.01. The van der Waals surface area contributed by atoms with E-state index in [0.29, 0.717) is 14.8 Å². The molecule has 1 heterocycles. The summed E-state index contributed by atoms with van der Waals surface area (Å²) >= 11 is 9.76. The summed E-state index contributed by atoms with van der Waals surface area (Å²) in [5.74, 6) is -0.202. The van der Waals surface area contributed by atoms with Crippen molar-refractivity contribution in [1.29, 1.82) is 0 Å². The topological polar surface area (TPSA) is 52.9 Å². The molecule has 1 aliphatic heterocycles. The van der Waals surface area contributed by atoms with Crippen LogP contribution < -0.4 is 0 Å². The lowest BCUT2D eigenvalue weighted by molar-refractivity contribution is -0.122. The number of aromatic hydroxyl groups is 1. The van der Waals surface area contributed by atoms with Crippen LogP contribution in [0.25, 0.3) is 6.08 Å². The maximum Gasteiger partial charge on any atom is 0.286 e. The molecule has 0 aromatic heterocycles. The predicted octanol–water partition coefficient (Wildman–Crippen LogP) is 4.39. The second-order valence-electron chi connectivity index (χ2n) is 4.85. The van der Waals surface area contributed by atoms with Gasteiger partial charge < -0.3 is 5.11 Å². The van der Waals surface area contributed by atoms with Crippen molar-refractivity contribution in [3.8, 4) is 5.75 Å². The molecule has 1 aliphatic rings. The summed E-state index contributed by atoms with van der Waals surface area (Å²) in [5, 5.41) is 15.1. The van der Waals surface area contributed by atoms with Crippen LogP contribution in [0.5, 0.6) is 5.75 Å². The van der Waals surface area contributed by atoms with Gasteiger partial charge in [-0.1, -0.05) is 58.0 Å². The number of thiocarbonyl (C=S) groups is 1. The monoisotopic (exact) mass is 418 g/mol. The van der Waals surface area contributed by atoms with Gasteiger partial charge in [-0.15, -0.1) is 0 Å². The van der Waals surface area contributed by atoms with Crippen LogP contribution in [0, 0.1) is 0 Å². The van der Waals surface area contributed by atoms with Gasteiger partial charge >= 0.3 is 0 Å². The lowest BCUT2D eigenvalue weighted by Gasteiger charge is -2.06. The van der Waals surface area contributed by atoms with Crippen molar-refractivity contribution in [3.05, 3.63) is 69.0 Å². The van der Waals surface area contributed by atoms with Gasteiger partial charge in [0.05, 0.1) is 11.1 Å². The minimum absolute atomic E-state index is 0.0761. The molecule has 7 heteroatoms. The highest BCUT2D eigenvalue weighted by molar-refractivity contribution is 9.10. The van der Waals surface area contributed by atoms with Crippen LogP contribution in [0.4, 0.5) is 0 Å². The number of hydrogen-bond acceptors (Lipinski definition) is 5. The van der Waals surface area contributed by atoms with E-state index in [4.69, 9.17) is 12.2 Å². The van der Waals surface area contributed by atoms with Gasteiger partial charge in [0.2, 0.25) is 0 Å². The zero-order valence-electron chi connectivity index (χ0n) is 12.2. The Morgan fingerprint density at radius 1 is 1.21 bits per heavy atom. The van der Waals surface area contributed by atoms with Crippen LogP contribution >= 0.6 is 39.9 Å². The average molecular weight is 419 g/mol. The van der Waals surface area contributed by atoms with Crippen LogP contribution in [-0.2, 0) is 4.79 Å². The van der Waals surface area contributed by atoms with Crippen molar-refractivity contribution in [2.75, 3.05) is 0 Å². The number of hydrazone groups is 1. The first-order valence-electron chi connectivity index (χ1n) is 6.90. The van der Waals surface area contributed by atoms with Gasteiger partial charge in [-0.25, -0.2) is 0 Å². The number of nitrogens with zero attached hydrogens (tertiary/aromatic N) is 2. The minimum atomic E-state index is -0.278. The zero-order valence-corrected chi connectivity index (χ0v) is 15.4. The third kappa shape index (κ3) is 3.75. The van der Waals surface area contributed by atoms with E-state index in [-0.39, 0.29) is 11.7 Å². The molecule has 120 valence electrons. The number of thioether (sulfide) groups is 1. The van der Waals surface area contributed by atoms with Gasteiger partial charge in [-0.3, -0.25) is 4.79 Å². The Bertz CT molecular complexity index is 866. The number of phenols is 1. The van der Waals surface area contributed by atoms with E-state index < -0.39 is 0 Å². The second kappa shape index (κ2) is 7.29. The van der Waals surface area contributed by atoms with Gasteiger partial charge in [0, 0.05) is 10.0 Å². The third-order valence-electron chi connectivity index (χ3n) is 3.17. The normalized spacial score (nSPS) is 16.5. The number of carbonyl (C=O) groups excluding carboxylic acids is 1. The molecule has 0 saturated carbocycles. The second-order valence-corrected chi connectivity index (χ2v) is 7.44. The molecule has 0 bridgehead atoms. The van der Waals surface area contributed by atoms with Gasteiger partial charge in [0.15, 0.2) is 4.32 Å². The lowest BCUT2D eigenvalue weighted by atomic mass is 10.2. The standard InChI is InChI=1S/C17H11BrN2O2S2/c18-13-6-7-14(21)12(9-13)10-19-20-16(22)15(24-17(20)23)8-11-4-2-1-3-5-11/h1-10,21H. The molecule has 1 saturated heterocycles. The molecule has 24 heavy (non-hydrogen) atoms. The van der Waals surface area contributed by atoms with E-state index in [2.05, 4.69) is 21.0 Å². The summed E-state index contributed by atoms with van der Waals surface area (Å²) in [6.07, 6.45) is 3.20. The van der Waals surface area contributed by atoms with E-state index in [1.165, 1.54) is 18.0 Å². The van der Waals surface area contributed by atoms with E-state index in [1.807, 2.05) is 30.3 Å². The Labute approximate surface area is 157 Å². The number of benzene rings is 2. The molecule has 2 aromatic carbocycles. The lowest BCUT2D eigenvalue weighted by Crippen LogP contribution is -2.22. The fourth-order valence-corrected chi connectivity index (χ4v) is 3.56. The number of carbonyl (C=O) groups is 1. The Morgan fingerprint density at radius 3 is 2.71 bits per heavy atom. The van der Waals surface area contributed by atoms with Gasteiger partial charge in [0.25, 0.3) is 5.91 Å². The first kappa shape index (κ1) is 16.9. The SMILES string of the molecule is O=C1C(=Cc2ccccc2)SC(=S)N1N=Cc1cc(Br)ccc1O. The van der Waals surface area contributed by atoms with E-state index in [9.17, 15) is 9.90 Å². The van der Waals surface area contributed by atoms with Crippen molar-refractivity contribution in [2.24, 2.45) is 5.10 Å².